The number of phenolic OH excluding ortho intramolecular Hbond substituents is 1. The Morgan fingerprint density at radius 1 is 1.29 bits per heavy atom. The van der Waals surface area contributed by atoms with E-state index in [1.54, 1.807) is 12.3 Å². The molecular formula is C12H13Cl2NO2. The van der Waals surface area contributed by atoms with Crippen molar-refractivity contribution in [3.05, 3.63) is 36.0 Å². The first-order valence-electron chi connectivity index (χ1n) is 5.02. The van der Waals surface area contributed by atoms with Crippen molar-refractivity contribution < 1.29 is 9.84 Å². The van der Waals surface area contributed by atoms with E-state index in [0.29, 0.717) is 24.6 Å². The summed E-state index contributed by atoms with van der Waals surface area (Å²) >= 11 is 5.53. The number of ether oxygens (including phenoxy) is 1. The standard InChI is InChI=1S/C12H12ClNO2.ClH/c13-5-7-16-8-9-3-4-11(15)12-10(9)2-1-6-14-12;/h1-4,6,15H,5,7-8H2;1H. The topological polar surface area (TPSA) is 42.4 Å². The highest BCUT2D eigenvalue weighted by Crippen LogP contribution is 2.25. The van der Waals surface area contributed by atoms with E-state index in [-0.39, 0.29) is 18.2 Å². The molecule has 0 unspecified atom stereocenters. The lowest BCUT2D eigenvalue weighted by atomic mass is 10.1. The zero-order valence-corrected chi connectivity index (χ0v) is 10.7. The van der Waals surface area contributed by atoms with Crippen LogP contribution in [-0.2, 0) is 11.3 Å². The molecule has 92 valence electrons. The molecule has 3 nitrogen and oxygen atoms in total. The van der Waals surface area contributed by atoms with E-state index >= 15 is 0 Å². The van der Waals surface area contributed by atoms with Crippen LogP contribution >= 0.6 is 24.0 Å². The number of fused-ring (bicyclic) bond motifs is 1. The van der Waals surface area contributed by atoms with E-state index in [1.807, 2.05) is 18.2 Å². The molecule has 5 heteroatoms. The largest absolute Gasteiger partial charge is 0.506 e. The fraction of sp³-hybridized carbons (Fsp3) is 0.250. The Hall–Kier alpha value is -1.03. The zero-order chi connectivity index (χ0) is 11.4. The van der Waals surface area contributed by atoms with Crippen LogP contribution in [0.4, 0.5) is 0 Å². The molecule has 0 spiro atoms. The third-order valence-corrected chi connectivity index (χ3v) is 2.47. The molecule has 2 rings (SSSR count). The number of pyridine rings is 1. The first-order valence-corrected chi connectivity index (χ1v) is 5.55. The normalized spacial score (nSPS) is 10.2. The molecule has 1 aromatic carbocycles. The highest BCUT2D eigenvalue weighted by molar-refractivity contribution is 6.17. The van der Waals surface area contributed by atoms with E-state index in [4.69, 9.17) is 16.3 Å². The number of halogens is 2. The Balaban J connectivity index is 0.00000144. The predicted octanol–water partition coefficient (Wildman–Crippen LogP) is 3.12. The quantitative estimate of drug-likeness (QED) is 0.688. The van der Waals surface area contributed by atoms with Gasteiger partial charge in [-0.25, -0.2) is 0 Å². The number of hydrogen-bond acceptors (Lipinski definition) is 3. The second-order valence-electron chi connectivity index (χ2n) is 3.38. The van der Waals surface area contributed by atoms with Gasteiger partial charge in [-0.2, -0.15) is 0 Å². The maximum atomic E-state index is 9.64. The second-order valence-corrected chi connectivity index (χ2v) is 3.76. The Bertz CT molecular complexity index is 491. The van der Waals surface area contributed by atoms with Crippen LogP contribution in [-0.4, -0.2) is 22.6 Å². The van der Waals surface area contributed by atoms with Crippen LogP contribution in [0.2, 0.25) is 0 Å². The maximum Gasteiger partial charge on any atom is 0.141 e. The van der Waals surface area contributed by atoms with E-state index in [2.05, 4.69) is 4.98 Å². The van der Waals surface area contributed by atoms with Gasteiger partial charge in [0.05, 0.1) is 13.2 Å². The van der Waals surface area contributed by atoms with Gasteiger partial charge in [0, 0.05) is 17.5 Å². The lowest BCUT2D eigenvalue weighted by Crippen LogP contribution is -1.97. The summed E-state index contributed by atoms with van der Waals surface area (Å²) in [5.74, 6) is 0.672. The number of phenols is 1. The van der Waals surface area contributed by atoms with Crippen molar-refractivity contribution in [1.29, 1.82) is 0 Å². The van der Waals surface area contributed by atoms with Gasteiger partial charge in [-0.1, -0.05) is 12.1 Å². The molecule has 0 bridgehead atoms. The van der Waals surface area contributed by atoms with Crippen molar-refractivity contribution in [2.75, 3.05) is 12.5 Å². The smallest absolute Gasteiger partial charge is 0.141 e. The van der Waals surface area contributed by atoms with Crippen molar-refractivity contribution in [2.45, 2.75) is 6.61 Å². The van der Waals surface area contributed by atoms with Gasteiger partial charge < -0.3 is 9.84 Å². The molecule has 1 heterocycles. The van der Waals surface area contributed by atoms with Crippen molar-refractivity contribution in [2.24, 2.45) is 0 Å². The van der Waals surface area contributed by atoms with E-state index in [1.165, 1.54) is 0 Å². The highest BCUT2D eigenvalue weighted by Gasteiger charge is 2.05. The summed E-state index contributed by atoms with van der Waals surface area (Å²) in [7, 11) is 0. The number of aromatic nitrogens is 1. The fourth-order valence-electron chi connectivity index (χ4n) is 1.58. The number of nitrogens with zero attached hydrogens (tertiary/aromatic N) is 1. The summed E-state index contributed by atoms with van der Waals surface area (Å²) in [4.78, 5) is 4.14. The lowest BCUT2D eigenvalue weighted by molar-refractivity contribution is 0.136. The minimum absolute atomic E-state index is 0. The van der Waals surface area contributed by atoms with Gasteiger partial charge in [0.15, 0.2) is 0 Å². The molecule has 0 atom stereocenters. The van der Waals surface area contributed by atoms with Crippen molar-refractivity contribution >= 4 is 34.9 Å². The molecule has 0 aliphatic carbocycles. The highest BCUT2D eigenvalue weighted by atomic mass is 35.5. The Labute approximate surface area is 111 Å². The molecule has 0 aliphatic rings. The number of hydrogen-bond donors (Lipinski definition) is 1. The first kappa shape index (κ1) is 14.0. The van der Waals surface area contributed by atoms with Gasteiger partial charge in [0.25, 0.3) is 0 Å². The molecule has 0 saturated heterocycles. The zero-order valence-electron chi connectivity index (χ0n) is 9.10. The molecule has 0 aliphatic heterocycles. The third-order valence-electron chi connectivity index (χ3n) is 2.32. The average molecular weight is 274 g/mol. The maximum absolute atomic E-state index is 9.64. The van der Waals surface area contributed by atoms with Crippen LogP contribution in [0.5, 0.6) is 5.75 Å². The van der Waals surface area contributed by atoms with Gasteiger partial charge in [0.1, 0.15) is 11.3 Å². The molecule has 0 radical (unpaired) electrons. The average Bonchev–Trinajstić information content (AvgIpc) is 2.33. The molecule has 2 aromatic rings. The van der Waals surface area contributed by atoms with Crippen molar-refractivity contribution in [3.63, 3.8) is 0 Å². The van der Waals surface area contributed by atoms with Crippen molar-refractivity contribution in [1.82, 2.24) is 4.98 Å². The van der Waals surface area contributed by atoms with Crippen LogP contribution < -0.4 is 0 Å². The minimum Gasteiger partial charge on any atom is -0.506 e. The first-order chi connectivity index (χ1) is 7.83. The van der Waals surface area contributed by atoms with Crippen LogP contribution in [0.15, 0.2) is 30.5 Å². The summed E-state index contributed by atoms with van der Waals surface area (Å²) in [6, 6.07) is 7.23. The number of benzene rings is 1. The monoisotopic (exact) mass is 273 g/mol. The molecule has 0 saturated carbocycles. The van der Waals surface area contributed by atoms with Crippen LogP contribution in [0.3, 0.4) is 0 Å². The van der Waals surface area contributed by atoms with E-state index in [9.17, 15) is 5.11 Å². The van der Waals surface area contributed by atoms with Gasteiger partial charge >= 0.3 is 0 Å². The Kier molecular flexibility index (Phi) is 5.48. The second kappa shape index (κ2) is 6.64. The number of aromatic hydroxyl groups is 1. The van der Waals surface area contributed by atoms with Crippen molar-refractivity contribution in [3.8, 4) is 5.75 Å². The molecular weight excluding hydrogens is 261 g/mol. The van der Waals surface area contributed by atoms with E-state index in [0.717, 1.165) is 10.9 Å². The summed E-state index contributed by atoms with van der Waals surface area (Å²) in [5, 5.41) is 10.6. The van der Waals surface area contributed by atoms with Crippen LogP contribution in [0.1, 0.15) is 5.56 Å². The molecule has 0 fully saturated rings. The van der Waals surface area contributed by atoms with Crippen LogP contribution in [0, 0.1) is 0 Å². The summed E-state index contributed by atoms with van der Waals surface area (Å²) in [6.07, 6.45) is 1.66. The number of rotatable bonds is 4. The van der Waals surface area contributed by atoms with Gasteiger partial charge in [-0.3, -0.25) is 4.98 Å². The summed E-state index contributed by atoms with van der Waals surface area (Å²) in [6.45, 7) is 0.999. The lowest BCUT2D eigenvalue weighted by Gasteiger charge is -2.07. The number of alkyl halides is 1. The Morgan fingerprint density at radius 2 is 2.12 bits per heavy atom. The van der Waals surface area contributed by atoms with Gasteiger partial charge in [-0.15, -0.1) is 24.0 Å². The molecule has 1 aromatic heterocycles. The van der Waals surface area contributed by atoms with Gasteiger partial charge in [-0.05, 0) is 17.7 Å². The van der Waals surface area contributed by atoms with Gasteiger partial charge in [0.2, 0.25) is 0 Å². The van der Waals surface area contributed by atoms with E-state index < -0.39 is 0 Å². The summed E-state index contributed by atoms with van der Waals surface area (Å²) < 4.78 is 5.38. The summed E-state index contributed by atoms with van der Waals surface area (Å²) in [5.41, 5.74) is 1.61. The minimum atomic E-state index is 0. The third kappa shape index (κ3) is 3.22. The predicted molar refractivity (Wildman–Crippen MR) is 71.0 cm³/mol. The molecule has 1 N–H and O–H groups in total. The molecule has 0 amide bonds. The van der Waals surface area contributed by atoms with Crippen LogP contribution in [0.25, 0.3) is 10.9 Å². The molecule has 17 heavy (non-hydrogen) atoms. The fourth-order valence-corrected chi connectivity index (χ4v) is 1.69. The SMILES string of the molecule is Cl.Oc1ccc(COCCCl)c2cccnc12. The Morgan fingerprint density at radius 3 is 2.88 bits per heavy atom.